The second-order valence-electron chi connectivity index (χ2n) is 5.79. The van der Waals surface area contributed by atoms with Crippen molar-refractivity contribution in [1.82, 2.24) is 4.90 Å². The van der Waals surface area contributed by atoms with Crippen molar-refractivity contribution in [1.29, 1.82) is 0 Å². The predicted molar refractivity (Wildman–Crippen MR) is 77.3 cm³/mol. The molecule has 1 N–H and O–H groups in total. The number of aliphatic carboxylic acids is 1. The highest BCUT2D eigenvalue weighted by molar-refractivity contribution is 9.10. The average molecular weight is 356 g/mol. The highest BCUT2D eigenvalue weighted by atomic mass is 79.9. The molecule has 1 saturated heterocycles. The number of benzene rings is 1. The fourth-order valence-electron chi connectivity index (χ4n) is 3.07. The van der Waals surface area contributed by atoms with Crippen LogP contribution in [0.15, 0.2) is 22.7 Å². The highest BCUT2D eigenvalue weighted by Crippen LogP contribution is 2.44. The van der Waals surface area contributed by atoms with Crippen LogP contribution in [0.5, 0.6) is 0 Å². The standard InChI is InChI=1S/C15H15BrFNO3/c16-12-4-3-9(5-13(12)17)14(19)18-6-10(8-1-2-8)11(7-18)15(20)21/h3-5,8,10-11H,1-2,6-7H2,(H,20,21)/t10-,11+/m1/s1. The van der Waals surface area contributed by atoms with Gasteiger partial charge in [-0.25, -0.2) is 4.39 Å². The highest BCUT2D eigenvalue weighted by Gasteiger charge is 2.46. The van der Waals surface area contributed by atoms with E-state index in [2.05, 4.69) is 15.9 Å². The van der Waals surface area contributed by atoms with Gasteiger partial charge >= 0.3 is 5.97 Å². The monoisotopic (exact) mass is 355 g/mol. The number of carboxylic acids is 1. The molecule has 0 spiro atoms. The summed E-state index contributed by atoms with van der Waals surface area (Å²) in [6, 6.07) is 4.23. The third kappa shape index (κ3) is 2.81. The molecule has 0 bridgehead atoms. The van der Waals surface area contributed by atoms with Gasteiger partial charge in [0.05, 0.1) is 10.4 Å². The normalized spacial score (nSPS) is 25.1. The fraction of sp³-hybridized carbons (Fsp3) is 0.467. The SMILES string of the molecule is O=C(O)[C@H]1CN(C(=O)c2ccc(Br)c(F)c2)C[C@@H]1C1CC1. The Bertz CT molecular complexity index is 603. The van der Waals surface area contributed by atoms with Crippen molar-refractivity contribution in [3.63, 3.8) is 0 Å². The Morgan fingerprint density at radius 2 is 2.00 bits per heavy atom. The van der Waals surface area contributed by atoms with Crippen molar-refractivity contribution >= 4 is 27.8 Å². The minimum Gasteiger partial charge on any atom is -0.481 e. The second kappa shape index (κ2) is 5.40. The van der Waals surface area contributed by atoms with E-state index in [0.717, 1.165) is 12.8 Å². The van der Waals surface area contributed by atoms with Crippen LogP contribution in [-0.2, 0) is 4.79 Å². The van der Waals surface area contributed by atoms with Gasteiger partial charge in [-0.15, -0.1) is 0 Å². The second-order valence-corrected chi connectivity index (χ2v) is 6.64. The summed E-state index contributed by atoms with van der Waals surface area (Å²) in [4.78, 5) is 25.3. The maximum absolute atomic E-state index is 13.5. The fourth-order valence-corrected chi connectivity index (χ4v) is 3.32. The lowest BCUT2D eigenvalue weighted by atomic mass is 9.92. The minimum absolute atomic E-state index is 0.0340. The molecular formula is C15H15BrFNO3. The van der Waals surface area contributed by atoms with Crippen LogP contribution in [0.3, 0.4) is 0 Å². The van der Waals surface area contributed by atoms with E-state index < -0.39 is 17.7 Å². The van der Waals surface area contributed by atoms with Gasteiger partial charge in [-0.05, 0) is 58.8 Å². The zero-order valence-electron chi connectivity index (χ0n) is 11.3. The molecule has 1 aromatic rings. The lowest BCUT2D eigenvalue weighted by Gasteiger charge is -2.16. The van der Waals surface area contributed by atoms with Crippen LogP contribution >= 0.6 is 15.9 Å². The zero-order valence-corrected chi connectivity index (χ0v) is 12.8. The van der Waals surface area contributed by atoms with Crippen LogP contribution in [0.2, 0.25) is 0 Å². The molecule has 112 valence electrons. The quantitative estimate of drug-likeness (QED) is 0.906. The van der Waals surface area contributed by atoms with Crippen LogP contribution < -0.4 is 0 Å². The van der Waals surface area contributed by atoms with Crippen molar-refractivity contribution in [3.8, 4) is 0 Å². The summed E-state index contributed by atoms with van der Waals surface area (Å²) in [5.41, 5.74) is 0.260. The summed E-state index contributed by atoms with van der Waals surface area (Å²) in [5, 5.41) is 9.31. The average Bonchev–Trinajstić information content (AvgIpc) is 3.19. The van der Waals surface area contributed by atoms with Crippen LogP contribution in [0.25, 0.3) is 0 Å². The van der Waals surface area contributed by atoms with Gasteiger partial charge in [-0.3, -0.25) is 9.59 Å². The van der Waals surface area contributed by atoms with Crippen molar-refractivity contribution in [2.45, 2.75) is 12.8 Å². The van der Waals surface area contributed by atoms with Crippen molar-refractivity contribution in [3.05, 3.63) is 34.1 Å². The van der Waals surface area contributed by atoms with Crippen molar-refractivity contribution < 1.29 is 19.1 Å². The molecule has 1 aliphatic carbocycles. The molecule has 3 rings (SSSR count). The molecule has 1 saturated carbocycles. The smallest absolute Gasteiger partial charge is 0.308 e. The molecule has 0 unspecified atom stereocenters. The summed E-state index contributed by atoms with van der Waals surface area (Å²) >= 11 is 3.05. The third-order valence-corrected chi connectivity index (χ3v) is 5.01. The Morgan fingerprint density at radius 1 is 1.29 bits per heavy atom. The number of hydrogen-bond acceptors (Lipinski definition) is 2. The number of halogens is 2. The molecule has 2 fully saturated rings. The van der Waals surface area contributed by atoms with Crippen molar-refractivity contribution in [2.75, 3.05) is 13.1 Å². The Labute approximate surface area is 130 Å². The van der Waals surface area contributed by atoms with E-state index in [1.165, 1.54) is 12.1 Å². The van der Waals surface area contributed by atoms with E-state index in [1.54, 1.807) is 11.0 Å². The molecule has 1 aliphatic heterocycles. The molecule has 21 heavy (non-hydrogen) atoms. The van der Waals surface area contributed by atoms with E-state index in [9.17, 15) is 19.1 Å². The minimum atomic E-state index is -0.843. The Balaban J connectivity index is 1.78. The number of rotatable bonds is 3. The van der Waals surface area contributed by atoms with Crippen LogP contribution in [-0.4, -0.2) is 35.0 Å². The van der Waals surface area contributed by atoms with E-state index in [1.807, 2.05) is 0 Å². The van der Waals surface area contributed by atoms with Gasteiger partial charge in [0.15, 0.2) is 0 Å². The zero-order chi connectivity index (χ0) is 15.1. The topological polar surface area (TPSA) is 57.6 Å². The Kier molecular flexibility index (Phi) is 3.73. The summed E-state index contributed by atoms with van der Waals surface area (Å²) in [6.07, 6.45) is 2.09. The molecule has 4 nitrogen and oxygen atoms in total. The van der Waals surface area contributed by atoms with Gasteiger partial charge in [0.25, 0.3) is 5.91 Å². The first-order valence-electron chi connectivity index (χ1n) is 6.94. The largest absolute Gasteiger partial charge is 0.481 e. The Morgan fingerprint density at radius 3 is 2.57 bits per heavy atom. The Hall–Kier alpha value is -1.43. The van der Waals surface area contributed by atoms with Gasteiger partial charge in [-0.1, -0.05) is 0 Å². The molecule has 0 aromatic heterocycles. The van der Waals surface area contributed by atoms with Crippen LogP contribution in [0.4, 0.5) is 4.39 Å². The predicted octanol–water partition coefficient (Wildman–Crippen LogP) is 2.77. The van der Waals surface area contributed by atoms with Gasteiger partial charge in [0.1, 0.15) is 5.82 Å². The summed E-state index contributed by atoms with van der Waals surface area (Å²) in [5.74, 6) is -1.67. The van der Waals surface area contributed by atoms with E-state index in [4.69, 9.17) is 0 Å². The van der Waals surface area contributed by atoms with Gasteiger partial charge in [0, 0.05) is 18.7 Å². The molecule has 1 aromatic carbocycles. The molecular weight excluding hydrogens is 341 g/mol. The van der Waals surface area contributed by atoms with Crippen LogP contribution in [0, 0.1) is 23.6 Å². The first-order chi connectivity index (χ1) is 9.97. The number of carboxylic acid groups (broad SMARTS) is 1. The number of likely N-dealkylation sites (tertiary alicyclic amines) is 1. The van der Waals surface area contributed by atoms with Crippen LogP contribution in [0.1, 0.15) is 23.2 Å². The van der Waals surface area contributed by atoms with E-state index >= 15 is 0 Å². The van der Waals surface area contributed by atoms with Gasteiger partial charge < -0.3 is 10.0 Å². The lowest BCUT2D eigenvalue weighted by molar-refractivity contribution is -0.142. The van der Waals surface area contributed by atoms with Gasteiger partial charge in [0.2, 0.25) is 0 Å². The number of hydrogen-bond donors (Lipinski definition) is 1. The van der Waals surface area contributed by atoms with Gasteiger partial charge in [-0.2, -0.15) is 0 Å². The number of nitrogens with zero attached hydrogens (tertiary/aromatic N) is 1. The lowest BCUT2D eigenvalue weighted by Crippen LogP contribution is -2.30. The molecule has 2 atom stereocenters. The number of carbonyl (C=O) groups excluding carboxylic acids is 1. The number of amides is 1. The number of carbonyl (C=O) groups is 2. The molecule has 0 radical (unpaired) electrons. The third-order valence-electron chi connectivity index (χ3n) is 4.36. The molecule has 2 aliphatic rings. The molecule has 6 heteroatoms. The summed E-state index contributed by atoms with van der Waals surface area (Å²) < 4.78 is 13.8. The molecule has 1 heterocycles. The molecule has 1 amide bonds. The summed E-state index contributed by atoms with van der Waals surface area (Å²) in [7, 11) is 0. The van der Waals surface area contributed by atoms with E-state index in [0.29, 0.717) is 16.9 Å². The maximum atomic E-state index is 13.5. The summed E-state index contributed by atoms with van der Waals surface area (Å²) in [6.45, 7) is 0.672. The first kappa shape index (κ1) is 14.5. The van der Waals surface area contributed by atoms with Crippen molar-refractivity contribution in [2.24, 2.45) is 17.8 Å². The first-order valence-corrected chi connectivity index (χ1v) is 7.74. The maximum Gasteiger partial charge on any atom is 0.308 e. The van der Waals surface area contributed by atoms with E-state index in [-0.39, 0.29) is 23.9 Å².